The van der Waals surface area contributed by atoms with Crippen LogP contribution in [-0.2, 0) is 0 Å². The molecule has 1 heterocycles. The Hall–Kier alpha value is -4.00. The quantitative estimate of drug-likeness (QED) is 0.486. The Kier molecular flexibility index (Phi) is 8.10. The van der Waals surface area contributed by atoms with E-state index in [2.05, 4.69) is 15.5 Å². The molecule has 36 heavy (non-hydrogen) atoms. The number of ether oxygens (including phenoxy) is 2. The normalized spacial score (nSPS) is 14.6. The molecule has 7 nitrogen and oxygen atoms in total. The summed E-state index contributed by atoms with van der Waals surface area (Å²) in [5.74, 6) is 0.654. The molecule has 0 spiro atoms. The Balaban J connectivity index is 1.40. The first-order chi connectivity index (χ1) is 17.5. The molecule has 2 amide bonds. The maximum Gasteiger partial charge on any atom is 0.259 e. The molecule has 1 aliphatic rings. The van der Waals surface area contributed by atoms with Crippen LogP contribution in [0.2, 0.25) is 0 Å². The van der Waals surface area contributed by atoms with Gasteiger partial charge in [-0.25, -0.2) is 0 Å². The third-order valence-corrected chi connectivity index (χ3v) is 6.62. The van der Waals surface area contributed by atoms with Crippen LogP contribution in [0.5, 0.6) is 11.5 Å². The predicted molar refractivity (Wildman–Crippen MR) is 141 cm³/mol. The highest BCUT2D eigenvalue weighted by atomic mass is 16.5. The number of carbonyl (C=O) groups is 2. The number of benzene rings is 3. The second-order valence-corrected chi connectivity index (χ2v) is 8.90. The molecule has 1 atom stereocenters. The molecule has 0 aliphatic carbocycles. The van der Waals surface area contributed by atoms with E-state index in [0.29, 0.717) is 22.6 Å². The average Bonchev–Trinajstić information content (AvgIpc) is 2.93. The Morgan fingerprint density at radius 1 is 0.833 bits per heavy atom. The molecule has 0 bridgehead atoms. The van der Waals surface area contributed by atoms with E-state index >= 15 is 0 Å². The van der Waals surface area contributed by atoms with Gasteiger partial charge in [-0.15, -0.1) is 0 Å². The van der Waals surface area contributed by atoms with E-state index in [4.69, 9.17) is 9.47 Å². The maximum atomic E-state index is 13.2. The molecule has 3 aromatic rings. The van der Waals surface area contributed by atoms with Gasteiger partial charge in [-0.3, -0.25) is 9.59 Å². The average molecular weight is 488 g/mol. The van der Waals surface area contributed by atoms with Crippen molar-refractivity contribution in [3.8, 4) is 11.5 Å². The third-order valence-electron chi connectivity index (χ3n) is 6.62. The van der Waals surface area contributed by atoms with Gasteiger partial charge in [0.1, 0.15) is 17.1 Å². The Labute approximate surface area is 212 Å². The van der Waals surface area contributed by atoms with Crippen LogP contribution in [0.15, 0.2) is 72.8 Å². The van der Waals surface area contributed by atoms with Gasteiger partial charge in [0.15, 0.2) is 0 Å². The van der Waals surface area contributed by atoms with Crippen LogP contribution in [0.1, 0.15) is 52.1 Å². The molecule has 7 heteroatoms. The monoisotopic (exact) mass is 487 g/mol. The maximum absolute atomic E-state index is 13.2. The zero-order chi connectivity index (χ0) is 25.5. The van der Waals surface area contributed by atoms with Gasteiger partial charge in [0.25, 0.3) is 11.8 Å². The zero-order valence-corrected chi connectivity index (χ0v) is 21.0. The summed E-state index contributed by atoms with van der Waals surface area (Å²) in [6, 6.07) is 22.8. The molecule has 1 saturated heterocycles. The summed E-state index contributed by atoms with van der Waals surface area (Å²) in [4.78, 5) is 28.4. The van der Waals surface area contributed by atoms with E-state index in [9.17, 15) is 9.59 Å². The largest absolute Gasteiger partial charge is 0.496 e. The summed E-state index contributed by atoms with van der Waals surface area (Å²) in [5, 5.41) is 6.25. The minimum Gasteiger partial charge on any atom is -0.496 e. The standard InChI is InChI=1S/C29H33N3O4/c1-20(21-10-5-4-6-11-21)30-28(33)23-12-7-8-13-24(23)32-18-16-22(17-19-32)31-29(34)27-25(35-2)14-9-15-26(27)36-3/h4-15,20,22H,16-19H2,1-3H3,(H,30,33)(H,31,34)/t20-/m1/s1. The van der Waals surface area contributed by atoms with Gasteiger partial charge in [-0.05, 0) is 49.6 Å². The number of nitrogens with one attached hydrogen (secondary N) is 2. The lowest BCUT2D eigenvalue weighted by atomic mass is 10.0. The SMILES string of the molecule is COc1cccc(OC)c1C(=O)NC1CCN(c2ccccc2C(=O)N[C@H](C)c2ccccc2)CC1. The van der Waals surface area contributed by atoms with Crippen molar-refractivity contribution in [3.05, 3.63) is 89.5 Å². The van der Waals surface area contributed by atoms with Gasteiger partial charge >= 0.3 is 0 Å². The lowest BCUT2D eigenvalue weighted by molar-refractivity contribution is 0.0922. The summed E-state index contributed by atoms with van der Waals surface area (Å²) in [5.41, 5.74) is 3.03. The lowest BCUT2D eigenvalue weighted by Crippen LogP contribution is -2.45. The third kappa shape index (κ3) is 5.62. The first-order valence-corrected chi connectivity index (χ1v) is 12.2. The molecule has 0 aromatic heterocycles. The highest BCUT2D eigenvalue weighted by Crippen LogP contribution is 2.29. The number of nitrogens with zero attached hydrogens (tertiary/aromatic N) is 1. The predicted octanol–water partition coefficient (Wildman–Crippen LogP) is 4.59. The lowest BCUT2D eigenvalue weighted by Gasteiger charge is -2.35. The molecule has 1 aliphatic heterocycles. The number of carbonyl (C=O) groups excluding carboxylic acids is 2. The Bertz CT molecular complexity index is 1170. The van der Waals surface area contributed by atoms with Crippen LogP contribution in [0, 0.1) is 0 Å². The molecule has 0 radical (unpaired) electrons. The van der Waals surface area contributed by atoms with Crippen molar-refractivity contribution < 1.29 is 19.1 Å². The van der Waals surface area contributed by atoms with Crippen molar-refractivity contribution in [2.75, 3.05) is 32.2 Å². The van der Waals surface area contributed by atoms with E-state index < -0.39 is 0 Å². The molecule has 0 saturated carbocycles. The van der Waals surface area contributed by atoms with Crippen LogP contribution < -0.4 is 25.0 Å². The van der Waals surface area contributed by atoms with E-state index in [0.717, 1.165) is 37.2 Å². The number of hydrogen-bond acceptors (Lipinski definition) is 5. The van der Waals surface area contributed by atoms with Crippen molar-refractivity contribution in [2.24, 2.45) is 0 Å². The molecular formula is C29H33N3O4. The van der Waals surface area contributed by atoms with Crippen molar-refractivity contribution in [1.82, 2.24) is 10.6 Å². The van der Waals surface area contributed by atoms with Gasteiger partial charge in [0.2, 0.25) is 0 Å². The molecule has 3 aromatic carbocycles. The number of amides is 2. The van der Waals surface area contributed by atoms with Crippen molar-refractivity contribution in [1.29, 1.82) is 0 Å². The fourth-order valence-corrected chi connectivity index (χ4v) is 4.64. The first kappa shape index (κ1) is 25.1. The Morgan fingerprint density at radius 3 is 2.08 bits per heavy atom. The summed E-state index contributed by atoms with van der Waals surface area (Å²) in [7, 11) is 3.08. The van der Waals surface area contributed by atoms with Gasteiger partial charge in [-0.1, -0.05) is 48.5 Å². The number of methoxy groups -OCH3 is 2. The van der Waals surface area contributed by atoms with Gasteiger partial charge in [-0.2, -0.15) is 0 Å². The van der Waals surface area contributed by atoms with Crippen LogP contribution in [0.25, 0.3) is 0 Å². The van der Waals surface area contributed by atoms with E-state index in [1.54, 1.807) is 18.2 Å². The second-order valence-electron chi connectivity index (χ2n) is 8.90. The van der Waals surface area contributed by atoms with E-state index in [-0.39, 0.29) is 23.9 Å². The topological polar surface area (TPSA) is 79.9 Å². The second kappa shape index (κ2) is 11.6. The minimum absolute atomic E-state index is 0.0162. The van der Waals surface area contributed by atoms with Crippen molar-refractivity contribution in [2.45, 2.75) is 31.8 Å². The minimum atomic E-state index is -0.211. The molecule has 2 N–H and O–H groups in total. The highest BCUT2D eigenvalue weighted by molar-refractivity contribution is 6.00. The van der Waals surface area contributed by atoms with Crippen LogP contribution in [0.4, 0.5) is 5.69 Å². The van der Waals surface area contributed by atoms with E-state index in [1.807, 2.05) is 61.5 Å². The smallest absolute Gasteiger partial charge is 0.259 e. The molecule has 188 valence electrons. The van der Waals surface area contributed by atoms with E-state index in [1.165, 1.54) is 14.2 Å². The molecular weight excluding hydrogens is 454 g/mol. The van der Waals surface area contributed by atoms with Gasteiger partial charge in [0.05, 0.1) is 25.8 Å². The summed E-state index contributed by atoms with van der Waals surface area (Å²) >= 11 is 0. The van der Waals surface area contributed by atoms with Gasteiger partial charge in [0, 0.05) is 24.8 Å². The molecule has 4 rings (SSSR count). The van der Waals surface area contributed by atoms with Crippen LogP contribution in [-0.4, -0.2) is 45.2 Å². The Morgan fingerprint density at radius 2 is 1.44 bits per heavy atom. The fraction of sp³-hybridized carbons (Fsp3) is 0.310. The fourth-order valence-electron chi connectivity index (χ4n) is 4.64. The number of anilines is 1. The summed E-state index contributed by atoms with van der Waals surface area (Å²) < 4.78 is 10.8. The number of hydrogen-bond donors (Lipinski definition) is 2. The number of rotatable bonds is 8. The first-order valence-electron chi connectivity index (χ1n) is 12.2. The van der Waals surface area contributed by atoms with Crippen LogP contribution >= 0.6 is 0 Å². The summed E-state index contributed by atoms with van der Waals surface area (Å²) in [6.45, 7) is 3.44. The zero-order valence-electron chi connectivity index (χ0n) is 21.0. The van der Waals surface area contributed by atoms with Crippen molar-refractivity contribution >= 4 is 17.5 Å². The van der Waals surface area contributed by atoms with Crippen LogP contribution in [0.3, 0.4) is 0 Å². The molecule has 0 unspecified atom stereocenters. The van der Waals surface area contributed by atoms with Gasteiger partial charge < -0.3 is 25.0 Å². The number of para-hydroxylation sites is 1. The summed E-state index contributed by atoms with van der Waals surface area (Å²) in [6.07, 6.45) is 1.53. The van der Waals surface area contributed by atoms with Crippen molar-refractivity contribution in [3.63, 3.8) is 0 Å². The molecule has 1 fully saturated rings. The highest BCUT2D eigenvalue weighted by Gasteiger charge is 2.26. The number of piperidine rings is 1.